The number of carbonyl (C=O) groups is 2. The molecule has 2 aromatic carbocycles. The van der Waals surface area contributed by atoms with E-state index in [9.17, 15) is 9.59 Å². The zero-order chi connectivity index (χ0) is 28.9. The number of hydrogen-bond acceptors (Lipinski definition) is 5. The fourth-order valence-electron chi connectivity index (χ4n) is 6.98. The van der Waals surface area contributed by atoms with Crippen molar-refractivity contribution < 1.29 is 14.3 Å². The maximum absolute atomic E-state index is 13.1. The summed E-state index contributed by atoms with van der Waals surface area (Å²) in [7, 11) is 0. The van der Waals surface area contributed by atoms with Gasteiger partial charge in [-0.2, -0.15) is 0 Å². The molecule has 43 heavy (non-hydrogen) atoms. The first-order chi connectivity index (χ1) is 21.1. The van der Waals surface area contributed by atoms with Crippen LogP contribution in [0, 0.1) is 17.8 Å². The largest absolute Gasteiger partial charge is 0.368 e. The number of aromatic amines is 2. The van der Waals surface area contributed by atoms with Crippen LogP contribution in [-0.2, 0) is 14.3 Å². The highest BCUT2D eigenvalue weighted by Gasteiger charge is 2.37. The fraction of sp³-hybridized carbons (Fsp3) is 0.471. The number of fused-ring (bicyclic) bond motifs is 2. The van der Waals surface area contributed by atoms with Crippen molar-refractivity contribution >= 4 is 33.9 Å². The number of imidazole rings is 2. The summed E-state index contributed by atoms with van der Waals surface area (Å²) in [6.45, 7) is 2.23. The highest BCUT2D eigenvalue weighted by atomic mass is 16.5. The Kier molecular flexibility index (Phi) is 6.67. The van der Waals surface area contributed by atoms with Crippen molar-refractivity contribution in [3.05, 3.63) is 59.2 Å². The standard InChI is InChI=1S/C34H36N6O3/c41-31(20-23-9-10-23)39-15-1-4-28(39)32-35-24-13-11-21(18-26(24)37-32)7-8-22-12-14-25-27(19-22)38-33(36-25)29-5-2-16-40(29)34(42)30-6-3-17-43-30/h11-14,18-19,23,28-30H,1-6,9-10,15-17,20H2,(H,35,37)(H,36,38)/t28-,29?,30-/m0/s1. The van der Waals surface area contributed by atoms with Gasteiger partial charge in [-0.15, -0.1) is 0 Å². The van der Waals surface area contributed by atoms with Crippen LogP contribution >= 0.6 is 0 Å². The number of hydrogen-bond donors (Lipinski definition) is 2. The predicted octanol–water partition coefficient (Wildman–Crippen LogP) is 5.15. The van der Waals surface area contributed by atoms with Gasteiger partial charge in [0.05, 0.1) is 34.2 Å². The number of ether oxygens (including phenoxy) is 1. The molecule has 2 aromatic heterocycles. The monoisotopic (exact) mass is 576 g/mol. The highest BCUT2D eigenvalue weighted by Crippen LogP contribution is 2.37. The van der Waals surface area contributed by atoms with Crippen molar-refractivity contribution in [1.82, 2.24) is 29.7 Å². The van der Waals surface area contributed by atoms with E-state index in [2.05, 4.69) is 21.8 Å². The van der Waals surface area contributed by atoms with Crippen molar-refractivity contribution in [2.45, 2.75) is 76.0 Å². The second kappa shape index (κ2) is 10.8. The Hall–Kier alpha value is -4.16. The smallest absolute Gasteiger partial charge is 0.252 e. The van der Waals surface area contributed by atoms with E-state index in [0.717, 1.165) is 96.5 Å². The van der Waals surface area contributed by atoms with Gasteiger partial charge in [-0.1, -0.05) is 11.8 Å². The number of aromatic nitrogens is 4. The lowest BCUT2D eigenvalue weighted by atomic mass is 10.1. The molecular formula is C34H36N6O3. The van der Waals surface area contributed by atoms with Crippen molar-refractivity contribution in [1.29, 1.82) is 0 Å². The van der Waals surface area contributed by atoms with Crippen LogP contribution in [-0.4, -0.2) is 67.4 Å². The van der Waals surface area contributed by atoms with Crippen molar-refractivity contribution in [3.8, 4) is 11.8 Å². The van der Waals surface area contributed by atoms with E-state index < -0.39 is 0 Å². The van der Waals surface area contributed by atoms with Crippen LogP contribution < -0.4 is 0 Å². The van der Waals surface area contributed by atoms with Crippen LogP contribution in [0.5, 0.6) is 0 Å². The number of amides is 2. The van der Waals surface area contributed by atoms with Crippen LogP contribution in [0.1, 0.15) is 92.6 Å². The van der Waals surface area contributed by atoms with Crippen molar-refractivity contribution in [2.24, 2.45) is 5.92 Å². The molecule has 1 unspecified atom stereocenters. The number of nitrogens with zero attached hydrogens (tertiary/aromatic N) is 4. The van der Waals surface area contributed by atoms with Crippen molar-refractivity contribution in [2.75, 3.05) is 19.7 Å². The lowest BCUT2D eigenvalue weighted by Gasteiger charge is -2.25. The minimum absolute atomic E-state index is 0.0321. The lowest BCUT2D eigenvalue weighted by Crippen LogP contribution is -2.38. The van der Waals surface area contributed by atoms with Gasteiger partial charge < -0.3 is 24.5 Å². The summed E-state index contributed by atoms with van der Waals surface area (Å²) in [4.78, 5) is 46.5. The zero-order valence-corrected chi connectivity index (χ0v) is 24.3. The van der Waals surface area contributed by atoms with E-state index in [-0.39, 0.29) is 30.0 Å². The predicted molar refractivity (Wildman–Crippen MR) is 162 cm³/mol. The molecule has 3 saturated heterocycles. The number of nitrogens with one attached hydrogen (secondary N) is 2. The molecule has 9 heteroatoms. The Morgan fingerprint density at radius 2 is 1.40 bits per heavy atom. The Balaban J connectivity index is 0.993. The molecule has 4 aliphatic rings. The Labute approximate surface area is 250 Å². The molecule has 220 valence electrons. The van der Waals surface area contributed by atoms with Gasteiger partial charge in [-0.3, -0.25) is 9.59 Å². The molecule has 5 heterocycles. The summed E-state index contributed by atoms with van der Waals surface area (Å²) < 4.78 is 5.67. The van der Waals surface area contributed by atoms with E-state index in [1.807, 2.05) is 46.2 Å². The average molecular weight is 577 g/mol. The minimum Gasteiger partial charge on any atom is -0.368 e. The molecular weight excluding hydrogens is 540 g/mol. The molecule has 8 rings (SSSR count). The summed E-state index contributed by atoms with van der Waals surface area (Å²) in [5.41, 5.74) is 5.42. The first-order valence-electron chi connectivity index (χ1n) is 15.8. The van der Waals surface area contributed by atoms with Gasteiger partial charge >= 0.3 is 0 Å². The Morgan fingerprint density at radius 1 is 0.791 bits per heavy atom. The van der Waals surface area contributed by atoms with Gasteiger partial charge in [0.1, 0.15) is 17.8 Å². The third-order valence-electron chi connectivity index (χ3n) is 9.46. The SMILES string of the molecule is O=C([C@@H]1CCCO1)N1CCCC1c1nc2ccc(C#Cc3ccc4nc([C@@H]5CCCN5C(=O)CC5CC5)[nH]c4c3)cc2[nH]1. The molecule has 0 radical (unpaired) electrons. The molecule has 1 aliphatic carbocycles. The average Bonchev–Trinajstić information content (AvgIpc) is 3.64. The van der Waals surface area contributed by atoms with Crippen LogP contribution in [0.4, 0.5) is 0 Å². The molecule has 0 spiro atoms. The molecule has 0 bridgehead atoms. The van der Waals surface area contributed by atoms with E-state index in [0.29, 0.717) is 18.9 Å². The van der Waals surface area contributed by atoms with Gasteiger partial charge in [0.25, 0.3) is 5.91 Å². The van der Waals surface area contributed by atoms with Gasteiger partial charge in [0.2, 0.25) is 5.91 Å². The summed E-state index contributed by atoms with van der Waals surface area (Å²) in [5.74, 6) is 9.27. The van der Waals surface area contributed by atoms with Gasteiger partial charge in [-0.25, -0.2) is 9.97 Å². The fourth-order valence-corrected chi connectivity index (χ4v) is 6.98. The first kappa shape index (κ1) is 26.5. The van der Waals surface area contributed by atoms with Gasteiger partial charge in [0, 0.05) is 37.2 Å². The van der Waals surface area contributed by atoms with Crippen LogP contribution in [0.15, 0.2) is 36.4 Å². The number of carbonyl (C=O) groups excluding carboxylic acids is 2. The maximum atomic E-state index is 13.1. The summed E-state index contributed by atoms with van der Waals surface area (Å²) >= 11 is 0. The van der Waals surface area contributed by atoms with E-state index in [1.54, 1.807) is 0 Å². The lowest BCUT2D eigenvalue weighted by molar-refractivity contribution is -0.142. The number of likely N-dealkylation sites (tertiary alicyclic amines) is 2. The highest BCUT2D eigenvalue weighted by molar-refractivity contribution is 5.83. The van der Waals surface area contributed by atoms with Gasteiger partial charge in [0.15, 0.2) is 0 Å². The molecule has 2 N–H and O–H groups in total. The first-order valence-corrected chi connectivity index (χ1v) is 15.8. The van der Waals surface area contributed by atoms with E-state index >= 15 is 0 Å². The third kappa shape index (κ3) is 5.18. The molecule has 1 saturated carbocycles. The summed E-state index contributed by atoms with van der Waals surface area (Å²) in [6.07, 6.45) is 8.33. The Morgan fingerprint density at radius 3 is 1.98 bits per heavy atom. The number of rotatable bonds is 5. The minimum atomic E-state index is -0.307. The second-order valence-corrected chi connectivity index (χ2v) is 12.5. The molecule has 3 atom stereocenters. The molecule has 2 amide bonds. The maximum Gasteiger partial charge on any atom is 0.252 e. The summed E-state index contributed by atoms with van der Waals surface area (Å²) in [5, 5.41) is 0. The zero-order valence-electron chi connectivity index (χ0n) is 24.3. The molecule has 4 fully saturated rings. The quantitative estimate of drug-likeness (QED) is 0.320. The molecule has 4 aromatic rings. The van der Waals surface area contributed by atoms with Crippen molar-refractivity contribution in [3.63, 3.8) is 0 Å². The molecule has 9 nitrogen and oxygen atoms in total. The van der Waals surface area contributed by atoms with Crippen LogP contribution in [0.25, 0.3) is 22.1 Å². The topological polar surface area (TPSA) is 107 Å². The number of benzene rings is 2. The van der Waals surface area contributed by atoms with E-state index in [4.69, 9.17) is 14.7 Å². The normalized spacial score (nSPS) is 23.8. The van der Waals surface area contributed by atoms with E-state index in [1.165, 1.54) is 12.8 Å². The summed E-state index contributed by atoms with van der Waals surface area (Å²) in [6, 6.07) is 12.0. The second-order valence-electron chi connectivity index (χ2n) is 12.5. The number of H-pyrrole nitrogens is 2. The van der Waals surface area contributed by atoms with Gasteiger partial charge in [-0.05, 0) is 93.7 Å². The molecule has 3 aliphatic heterocycles. The van der Waals surface area contributed by atoms with Crippen LogP contribution in [0.2, 0.25) is 0 Å². The van der Waals surface area contributed by atoms with Crippen LogP contribution in [0.3, 0.4) is 0 Å². The third-order valence-corrected chi connectivity index (χ3v) is 9.46. The Bertz CT molecular complexity index is 1770.